The Labute approximate surface area is 149 Å². The highest BCUT2D eigenvalue weighted by Crippen LogP contribution is 2.42. The van der Waals surface area contributed by atoms with Gasteiger partial charge < -0.3 is 9.47 Å². The number of benzene rings is 1. The first kappa shape index (κ1) is 17.5. The number of likely N-dealkylation sites (tertiary alicyclic amines) is 1. The maximum Gasteiger partial charge on any atom is 0.263 e. The van der Waals surface area contributed by atoms with E-state index >= 15 is 0 Å². The number of aromatic nitrogens is 1. The minimum absolute atomic E-state index is 0.0223. The van der Waals surface area contributed by atoms with Crippen molar-refractivity contribution in [2.45, 2.75) is 40.2 Å². The van der Waals surface area contributed by atoms with Gasteiger partial charge in [-0.15, -0.1) is 0 Å². The Bertz CT molecular complexity index is 837. The van der Waals surface area contributed by atoms with Crippen LogP contribution >= 0.6 is 0 Å². The molecule has 1 aliphatic rings. The van der Waals surface area contributed by atoms with Gasteiger partial charge in [-0.1, -0.05) is 44.2 Å². The van der Waals surface area contributed by atoms with E-state index in [2.05, 4.69) is 26.0 Å². The first-order chi connectivity index (χ1) is 11.8. The molecule has 0 bridgehead atoms. The second-order valence-corrected chi connectivity index (χ2v) is 7.58. The average molecular weight is 338 g/mol. The third-order valence-electron chi connectivity index (χ3n) is 5.37. The standard InChI is InChI=1S/C21H26N2O2/c1-5-23-15(2)11-12-17(20(23)25)19(24)22-13-18(21(3,4)14-22)16-9-7-6-8-10-16/h6-12,18H,5,13-14H2,1-4H3/t18-/m0/s1. The van der Waals surface area contributed by atoms with Gasteiger partial charge in [-0.2, -0.15) is 0 Å². The first-order valence-corrected chi connectivity index (χ1v) is 8.90. The second-order valence-electron chi connectivity index (χ2n) is 7.58. The van der Waals surface area contributed by atoms with E-state index in [9.17, 15) is 9.59 Å². The zero-order chi connectivity index (χ0) is 18.2. The fraction of sp³-hybridized carbons (Fsp3) is 0.429. The van der Waals surface area contributed by atoms with Crippen LogP contribution in [0.5, 0.6) is 0 Å². The summed E-state index contributed by atoms with van der Waals surface area (Å²) in [6.45, 7) is 10.1. The van der Waals surface area contributed by atoms with Crippen molar-refractivity contribution in [3.8, 4) is 0 Å². The highest BCUT2D eigenvalue weighted by atomic mass is 16.2. The number of carbonyl (C=O) groups excluding carboxylic acids is 1. The van der Waals surface area contributed by atoms with Crippen molar-refractivity contribution >= 4 is 5.91 Å². The summed E-state index contributed by atoms with van der Waals surface area (Å²) in [7, 11) is 0. The largest absolute Gasteiger partial charge is 0.337 e. The van der Waals surface area contributed by atoms with Crippen LogP contribution in [-0.4, -0.2) is 28.5 Å². The van der Waals surface area contributed by atoms with Crippen LogP contribution in [-0.2, 0) is 6.54 Å². The monoisotopic (exact) mass is 338 g/mol. The fourth-order valence-corrected chi connectivity index (χ4v) is 3.93. The molecular weight excluding hydrogens is 312 g/mol. The Morgan fingerprint density at radius 1 is 1.16 bits per heavy atom. The van der Waals surface area contributed by atoms with Gasteiger partial charge in [0.2, 0.25) is 0 Å². The average Bonchev–Trinajstić information content (AvgIpc) is 2.91. The molecule has 0 saturated carbocycles. The quantitative estimate of drug-likeness (QED) is 0.860. The predicted octanol–water partition coefficient (Wildman–Crippen LogP) is 3.44. The fourth-order valence-electron chi connectivity index (χ4n) is 3.93. The van der Waals surface area contributed by atoms with Crippen molar-refractivity contribution in [3.05, 3.63) is 69.6 Å². The number of pyridine rings is 1. The Morgan fingerprint density at radius 2 is 1.84 bits per heavy atom. The van der Waals surface area contributed by atoms with Gasteiger partial charge in [-0.25, -0.2) is 0 Å². The highest BCUT2D eigenvalue weighted by Gasteiger charge is 2.42. The molecule has 1 amide bonds. The summed E-state index contributed by atoms with van der Waals surface area (Å²) in [5.74, 6) is 0.121. The molecule has 0 unspecified atom stereocenters. The first-order valence-electron chi connectivity index (χ1n) is 8.90. The maximum absolute atomic E-state index is 13.0. The molecule has 1 aromatic carbocycles. The van der Waals surface area contributed by atoms with E-state index in [1.807, 2.05) is 43.0 Å². The van der Waals surface area contributed by atoms with Crippen molar-refractivity contribution in [2.24, 2.45) is 5.41 Å². The van der Waals surface area contributed by atoms with Gasteiger partial charge in [-0.05, 0) is 37.0 Å². The molecule has 0 radical (unpaired) electrons. The minimum Gasteiger partial charge on any atom is -0.337 e. The Kier molecular flexibility index (Phi) is 4.55. The van der Waals surface area contributed by atoms with Crippen LogP contribution in [0.2, 0.25) is 0 Å². The number of rotatable bonds is 3. The second kappa shape index (κ2) is 6.51. The third-order valence-corrected chi connectivity index (χ3v) is 5.37. The summed E-state index contributed by atoms with van der Waals surface area (Å²) >= 11 is 0. The van der Waals surface area contributed by atoms with E-state index in [4.69, 9.17) is 0 Å². The molecule has 1 fully saturated rings. The molecule has 0 aliphatic carbocycles. The van der Waals surface area contributed by atoms with Crippen LogP contribution in [0, 0.1) is 12.3 Å². The van der Waals surface area contributed by atoms with Gasteiger partial charge in [0.25, 0.3) is 11.5 Å². The molecule has 2 heterocycles. The number of nitrogens with zero attached hydrogens (tertiary/aromatic N) is 2. The van der Waals surface area contributed by atoms with E-state index in [0.29, 0.717) is 19.6 Å². The zero-order valence-corrected chi connectivity index (χ0v) is 15.5. The van der Waals surface area contributed by atoms with Gasteiger partial charge in [0, 0.05) is 31.2 Å². The van der Waals surface area contributed by atoms with Gasteiger partial charge in [0.05, 0.1) is 0 Å². The van der Waals surface area contributed by atoms with E-state index in [-0.39, 0.29) is 28.4 Å². The van der Waals surface area contributed by atoms with Crippen LogP contribution in [0.15, 0.2) is 47.3 Å². The summed E-state index contributed by atoms with van der Waals surface area (Å²) in [6.07, 6.45) is 0. The van der Waals surface area contributed by atoms with Crippen LogP contribution in [0.1, 0.15) is 48.3 Å². The number of carbonyl (C=O) groups is 1. The molecular formula is C21H26N2O2. The van der Waals surface area contributed by atoms with Crippen molar-refractivity contribution in [2.75, 3.05) is 13.1 Å². The molecule has 0 spiro atoms. The summed E-state index contributed by atoms with van der Waals surface area (Å²) in [6, 6.07) is 13.9. The van der Waals surface area contributed by atoms with Crippen LogP contribution in [0.3, 0.4) is 0 Å². The third kappa shape index (κ3) is 3.13. The molecule has 1 aromatic heterocycles. The minimum atomic E-state index is -0.187. The highest BCUT2D eigenvalue weighted by molar-refractivity contribution is 5.94. The van der Waals surface area contributed by atoms with E-state index < -0.39 is 0 Å². The normalized spacial score (nSPS) is 19.2. The molecule has 1 aliphatic heterocycles. The smallest absolute Gasteiger partial charge is 0.263 e. The lowest BCUT2D eigenvalue weighted by Gasteiger charge is -2.25. The van der Waals surface area contributed by atoms with Gasteiger partial charge in [-0.3, -0.25) is 9.59 Å². The van der Waals surface area contributed by atoms with E-state index in [0.717, 1.165) is 5.69 Å². The lowest BCUT2D eigenvalue weighted by molar-refractivity contribution is 0.0775. The van der Waals surface area contributed by atoms with Gasteiger partial charge in [0.1, 0.15) is 5.56 Å². The summed E-state index contributed by atoms with van der Waals surface area (Å²) in [5, 5.41) is 0. The molecule has 25 heavy (non-hydrogen) atoms. The lowest BCUT2D eigenvalue weighted by atomic mass is 9.78. The summed E-state index contributed by atoms with van der Waals surface area (Å²) in [5.41, 5.74) is 2.20. The Balaban J connectivity index is 1.91. The summed E-state index contributed by atoms with van der Waals surface area (Å²) in [4.78, 5) is 27.5. The molecule has 132 valence electrons. The Morgan fingerprint density at radius 3 is 2.48 bits per heavy atom. The SMILES string of the molecule is CCn1c(C)ccc(C(=O)N2C[C@@H](c3ccccc3)C(C)(C)C2)c1=O. The van der Waals surface area contributed by atoms with Crippen molar-refractivity contribution in [3.63, 3.8) is 0 Å². The van der Waals surface area contributed by atoms with E-state index in [1.165, 1.54) is 5.56 Å². The molecule has 3 rings (SSSR count). The number of hydrogen-bond donors (Lipinski definition) is 0. The number of aryl methyl sites for hydroxylation is 1. The maximum atomic E-state index is 13.0. The molecule has 1 atom stereocenters. The van der Waals surface area contributed by atoms with Crippen LogP contribution < -0.4 is 5.56 Å². The van der Waals surface area contributed by atoms with Gasteiger partial charge in [0.15, 0.2) is 0 Å². The zero-order valence-electron chi connectivity index (χ0n) is 15.5. The van der Waals surface area contributed by atoms with Crippen molar-refractivity contribution < 1.29 is 4.79 Å². The molecule has 2 aromatic rings. The topological polar surface area (TPSA) is 42.3 Å². The number of hydrogen-bond acceptors (Lipinski definition) is 2. The molecule has 0 N–H and O–H groups in total. The van der Waals surface area contributed by atoms with Gasteiger partial charge >= 0.3 is 0 Å². The molecule has 1 saturated heterocycles. The van der Waals surface area contributed by atoms with E-state index in [1.54, 1.807) is 10.6 Å². The van der Waals surface area contributed by atoms with Crippen LogP contribution in [0.25, 0.3) is 0 Å². The predicted molar refractivity (Wildman–Crippen MR) is 100.0 cm³/mol. The van der Waals surface area contributed by atoms with Crippen molar-refractivity contribution in [1.82, 2.24) is 9.47 Å². The van der Waals surface area contributed by atoms with Crippen LogP contribution in [0.4, 0.5) is 0 Å². The van der Waals surface area contributed by atoms with Crippen molar-refractivity contribution in [1.29, 1.82) is 0 Å². The lowest BCUT2D eigenvalue weighted by Crippen LogP contribution is -2.36. The molecule has 4 heteroatoms. The summed E-state index contributed by atoms with van der Waals surface area (Å²) < 4.78 is 1.66. The Hall–Kier alpha value is -2.36. The number of amides is 1. The molecule has 4 nitrogen and oxygen atoms in total.